The number of nitrogens with one attached hydrogen (secondary N) is 1. The Morgan fingerprint density at radius 2 is 2.53 bits per heavy atom. The highest BCUT2D eigenvalue weighted by molar-refractivity contribution is 7.71. The summed E-state index contributed by atoms with van der Waals surface area (Å²) in [7, 11) is 0. The minimum Gasteiger partial charge on any atom is -0.394 e. The van der Waals surface area contributed by atoms with Crippen LogP contribution >= 0.6 is 12.2 Å². The Bertz CT molecular complexity index is 633. The Hall–Kier alpha value is -1.67. The molecule has 2 rings (SSSR count). The van der Waals surface area contributed by atoms with E-state index in [1.807, 2.05) is 0 Å². The van der Waals surface area contributed by atoms with Crippen LogP contribution in [0.15, 0.2) is 16.1 Å². The fourth-order valence-electron chi connectivity index (χ4n) is 2.04. The normalized spacial score (nSPS) is 26.1. The van der Waals surface area contributed by atoms with Crippen LogP contribution in [0.3, 0.4) is 0 Å². The third-order valence-corrected chi connectivity index (χ3v) is 3.46. The molecule has 0 saturated carbocycles. The third kappa shape index (κ3) is 2.69. The second-order valence-corrected chi connectivity index (χ2v) is 4.71. The number of rotatable bonds is 3. The van der Waals surface area contributed by atoms with Gasteiger partial charge in [-0.25, -0.2) is 4.79 Å². The van der Waals surface area contributed by atoms with Gasteiger partial charge >= 0.3 is 5.69 Å². The summed E-state index contributed by atoms with van der Waals surface area (Å²) >= 11 is 4.97. The molecule has 0 radical (unpaired) electrons. The van der Waals surface area contributed by atoms with Crippen LogP contribution in [0.5, 0.6) is 0 Å². The highest BCUT2D eigenvalue weighted by atomic mass is 32.1. The van der Waals surface area contributed by atoms with Crippen LogP contribution in [-0.2, 0) is 4.74 Å². The number of aromatic amines is 1. The third-order valence-electron chi connectivity index (χ3n) is 3.04. The standard InChI is InChI=1S/C10H13N5O3S/c1-5-3-15(10(17)12-9(5)19)8-2-6(13-14-11)7(4-16)18-8/h3,6-8,16H,2,4H2,1H3,(H,12,17,19). The molecule has 102 valence electrons. The molecule has 0 amide bonds. The van der Waals surface area contributed by atoms with E-state index in [9.17, 15) is 9.90 Å². The molecule has 2 heterocycles. The Morgan fingerprint density at radius 3 is 3.16 bits per heavy atom. The highest BCUT2D eigenvalue weighted by Crippen LogP contribution is 2.29. The van der Waals surface area contributed by atoms with Crippen molar-refractivity contribution in [2.75, 3.05) is 6.61 Å². The Kier molecular flexibility index (Phi) is 4.01. The summed E-state index contributed by atoms with van der Waals surface area (Å²) in [6.07, 6.45) is 0.750. The number of aliphatic hydroxyl groups is 1. The van der Waals surface area contributed by atoms with Crippen LogP contribution in [0.2, 0.25) is 0 Å². The number of aromatic nitrogens is 2. The number of hydrogen-bond donors (Lipinski definition) is 2. The summed E-state index contributed by atoms with van der Waals surface area (Å²) in [5.74, 6) is 0. The SMILES string of the molecule is Cc1cn(C2CC(N=[N+]=[N-])C(CO)O2)c(=O)[nH]c1=S. The lowest BCUT2D eigenvalue weighted by atomic mass is 10.1. The van der Waals surface area contributed by atoms with Gasteiger partial charge in [-0.2, -0.15) is 0 Å². The van der Waals surface area contributed by atoms with Gasteiger partial charge in [0.2, 0.25) is 0 Å². The highest BCUT2D eigenvalue weighted by Gasteiger charge is 2.35. The molecule has 9 heteroatoms. The zero-order chi connectivity index (χ0) is 14.0. The monoisotopic (exact) mass is 283 g/mol. The zero-order valence-electron chi connectivity index (χ0n) is 10.2. The predicted octanol–water partition coefficient (Wildman–Crippen LogP) is 1.17. The number of H-pyrrole nitrogens is 1. The average Bonchev–Trinajstić information content (AvgIpc) is 2.77. The molecule has 3 unspecified atom stereocenters. The van der Waals surface area contributed by atoms with Crippen molar-refractivity contribution >= 4 is 12.2 Å². The second-order valence-electron chi connectivity index (χ2n) is 4.30. The summed E-state index contributed by atoms with van der Waals surface area (Å²) in [6.45, 7) is 1.51. The molecule has 1 aliphatic heterocycles. The number of aryl methyl sites for hydroxylation is 1. The van der Waals surface area contributed by atoms with Gasteiger partial charge < -0.3 is 9.84 Å². The van der Waals surface area contributed by atoms with Gasteiger partial charge in [0.15, 0.2) is 0 Å². The van der Waals surface area contributed by atoms with E-state index >= 15 is 0 Å². The Labute approximate surface area is 113 Å². The molecule has 3 atom stereocenters. The molecular weight excluding hydrogens is 270 g/mol. The number of ether oxygens (including phenoxy) is 1. The van der Waals surface area contributed by atoms with Gasteiger partial charge in [0.25, 0.3) is 0 Å². The fourth-order valence-corrected chi connectivity index (χ4v) is 2.18. The maximum atomic E-state index is 11.8. The summed E-state index contributed by atoms with van der Waals surface area (Å²) in [5, 5.41) is 12.7. The number of hydrogen-bond acceptors (Lipinski definition) is 5. The number of azide groups is 1. The largest absolute Gasteiger partial charge is 0.394 e. The lowest BCUT2D eigenvalue weighted by Crippen LogP contribution is -2.28. The lowest BCUT2D eigenvalue weighted by molar-refractivity contribution is -0.0271. The van der Waals surface area contributed by atoms with Crippen molar-refractivity contribution in [1.29, 1.82) is 0 Å². The Balaban J connectivity index is 2.34. The predicted molar refractivity (Wildman–Crippen MR) is 69.2 cm³/mol. The van der Waals surface area contributed by atoms with Crippen molar-refractivity contribution in [2.24, 2.45) is 5.11 Å². The quantitative estimate of drug-likeness (QED) is 0.375. The van der Waals surface area contributed by atoms with Gasteiger partial charge in [-0.05, 0) is 12.5 Å². The molecule has 1 aromatic rings. The van der Waals surface area contributed by atoms with Crippen molar-refractivity contribution in [1.82, 2.24) is 9.55 Å². The van der Waals surface area contributed by atoms with Gasteiger partial charge in [-0.15, -0.1) is 0 Å². The van der Waals surface area contributed by atoms with E-state index in [4.69, 9.17) is 22.5 Å². The molecule has 1 aromatic heterocycles. The van der Waals surface area contributed by atoms with Crippen molar-refractivity contribution in [3.05, 3.63) is 37.3 Å². The van der Waals surface area contributed by atoms with Crippen LogP contribution < -0.4 is 5.69 Å². The van der Waals surface area contributed by atoms with Crippen LogP contribution in [0.1, 0.15) is 18.2 Å². The van der Waals surface area contributed by atoms with Crippen LogP contribution in [-0.4, -0.2) is 33.4 Å². The average molecular weight is 283 g/mol. The summed E-state index contributed by atoms with van der Waals surface area (Å²) in [6, 6.07) is -0.490. The van der Waals surface area contributed by atoms with Crippen molar-refractivity contribution < 1.29 is 9.84 Å². The van der Waals surface area contributed by atoms with Gasteiger partial charge in [0.1, 0.15) is 10.9 Å². The molecule has 0 aliphatic carbocycles. The lowest BCUT2D eigenvalue weighted by Gasteiger charge is -2.15. The maximum Gasteiger partial charge on any atom is 0.328 e. The molecule has 8 nitrogen and oxygen atoms in total. The molecule has 1 saturated heterocycles. The first-order valence-electron chi connectivity index (χ1n) is 5.69. The first kappa shape index (κ1) is 13.8. The molecule has 1 fully saturated rings. The van der Waals surface area contributed by atoms with E-state index in [0.717, 1.165) is 5.56 Å². The van der Waals surface area contributed by atoms with Crippen LogP contribution in [0.25, 0.3) is 10.4 Å². The van der Waals surface area contributed by atoms with Gasteiger partial charge in [0.05, 0.1) is 18.8 Å². The second kappa shape index (κ2) is 5.54. The summed E-state index contributed by atoms with van der Waals surface area (Å²) in [5.41, 5.74) is 8.82. The molecule has 0 bridgehead atoms. The smallest absolute Gasteiger partial charge is 0.328 e. The van der Waals surface area contributed by atoms with Crippen molar-refractivity contribution in [3.63, 3.8) is 0 Å². The zero-order valence-corrected chi connectivity index (χ0v) is 11.0. The van der Waals surface area contributed by atoms with Crippen LogP contribution in [0, 0.1) is 11.6 Å². The number of aliphatic hydroxyl groups excluding tert-OH is 1. The summed E-state index contributed by atoms with van der Waals surface area (Å²) < 4.78 is 7.27. The molecule has 2 N–H and O–H groups in total. The number of nitrogens with zero attached hydrogens (tertiary/aromatic N) is 4. The van der Waals surface area contributed by atoms with E-state index in [0.29, 0.717) is 11.1 Å². The minimum atomic E-state index is -0.601. The van der Waals surface area contributed by atoms with Gasteiger partial charge in [0, 0.05) is 23.1 Å². The van der Waals surface area contributed by atoms with E-state index in [1.54, 1.807) is 13.1 Å². The van der Waals surface area contributed by atoms with E-state index in [-0.39, 0.29) is 12.3 Å². The van der Waals surface area contributed by atoms with Gasteiger partial charge in [-0.1, -0.05) is 17.3 Å². The minimum absolute atomic E-state index is 0.267. The van der Waals surface area contributed by atoms with Crippen molar-refractivity contribution in [2.45, 2.75) is 31.7 Å². The molecule has 1 aliphatic rings. The van der Waals surface area contributed by atoms with Crippen LogP contribution in [0.4, 0.5) is 0 Å². The summed E-state index contributed by atoms with van der Waals surface area (Å²) in [4.78, 5) is 17.1. The first-order valence-corrected chi connectivity index (χ1v) is 6.10. The maximum absolute atomic E-state index is 11.8. The van der Waals surface area contributed by atoms with Gasteiger partial charge in [-0.3, -0.25) is 9.55 Å². The first-order chi connectivity index (χ1) is 9.06. The molecule has 0 spiro atoms. The van der Waals surface area contributed by atoms with E-state index < -0.39 is 18.4 Å². The van der Waals surface area contributed by atoms with Crippen molar-refractivity contribution in [3.8, 4) is 0 Å². The molecular formula is C10H13N5O3S. The van der Waals surface area contributed by atoms with E-state index in [1.165, 1.54) is 4.57 Å². The fraction of sp³-hybridized carbons (Fsp3) is 0.600. The topological polar surface area (TPSA) is 116 Å². The molecule has 0 aromatic carbocycles. The Morgan fingerprint density at radius 1 is 1.79 bits per heavy atom. The van der Waals surface area contributed by atoms with E-state index in [2.05, 4.69) is 15.0 Å². The molecule has 19 heavy (non-hydrogen) atoms.